The van der Waals surface area contributed by atoms with E-state index in [9.17, 15) is 19.5 Å². The number of hydrogen-bond donors (Lipinski definition) is 2. The van der Waals surface area contributed by atoms with Gasteiger partial charge in [-0.25, -0.2) is 9.59 Å². The standard InChI is InChI=1S/C28H34N2O5/c1-3-24(26(32)33)30(2)25(31)17-28(15-9-4-10-16-28)29-27(34)35-18-23-21-13-7-5-11-19(21)20-12-6-8-14-22(20)23/h5-8,11-14,23-24H,3-4,9-10,15-18H2,1-2H3,(H,29,34)(H,32,33). The van der Waals surface area contributed by atoms with Crippen molar-refractivity contribution in [1.82, 2.24) is 10.2 Å². The molecule has 1 unspecified atom stereocenters. The van der Waals surface area contributed by atoms with Gasteiger partial charge in [0.05, 0.1) is 12.0 Å². The Labute approximate surface area is 206 Å². The van der Waals surface area contributed by atoms with Crippen LogP contribution in [-0.4, -0.2) is 53.2 Å². The van der Waals surface area contributed by atoms with Crippen LogP contribution in [0.4, 0.5) is 4.79 Å². The fourth-order valence-corrected chi connectivity index (χ4v) is 5.63. The molecule has 0 spiro atoms. The Morgan fingerprint density at radius 3 is 2.14 bits per heavy atom. The van der Waals surface area contributed by atoms with Crippen molar-refractivity contribution < 1.29 is 24.2 Å². The zero-order valence-corrected chi connectivity index (χ0v) is 20.5. The highest BCUT2D eigenvalue weighted by Crippen LogP contribution is 2.44. The maximum atomic E-state index is 13.0. The van der Waals surface area contributed by atoms with Crippen LogP contribution >= 0.6 is 0 Å². The van der Waals surface area contributed by atoms with Crippen molar-refractivity contribution in [1.29, 1.82) is 0 Å². The lowest BCUT2D eigenvalue weighted by Gasteiger charge is -2.38. The van der Waals surface area contributed by atoms with E-state index in [1.54, 1.807) is 6.92 Å². The predicted molar refractivity (Wildman–Crippen MR) is 133 cm³/mol. The zero-order valence-electron chi connectivity index (χ0n) is 20.5. The number of carboxylic acid groups (broad SMARTS) is 1. The summed E-state index contributed by atoms with van der Waals surface area (Å²) in [6.07, 6.45) is 4.04. The predicted octanol–water partition coefficient (Wildman–Crippen LogP) is 4.94. The van der Waals surface area contributed by atoms with Gasteiger partial charge in [-0.2, -0.15) is 0 Å². The summed E-state index contributed by atoms with van der Waals surface area (Å²) in [5, 5.41) is 12.5. The van der Waals surface area contributed by atoms with Crippen molar-refractivity contribution in [3.8, 4) is 11.1 Å². The second kappa shape index (κ2) is 10.5. The van der Waals surface area contributed by atoms with Gasteiger partial charge >= 0.3 is 12.1 Å². The van der Waals surface area contributed by atoms with Crippen LogP contribution in [-0.2, 0) is 14.3 Å². The summed E-state index contributed by atoms with van der Waals surface area (Å²) in [6.45, 7) is 1.95. The molecule has 1 fully saturated rings. The summed E-state index contributed by atoms with van der Waals surface area (Å²) in [7, 11) is 1.52. The first-order valence-electron chi connectivity index (χ1n) is 12.5. The topological polar surface area (TPSA) is 95.9 Å². The maximum absolute atomic E-state index is 13.0. The number of likely N-dealkylation sites (N-methyl/N-ethyl adjacent to an activating group) is 1. The first-order valence-corrected chi connectivity index (χ1v) is 12.5. The number of amides is 2. The fourth-order valence-electron chi connectivity index (χ4n) is 5.63. The Bertz CT molecular complexity index is 1050. The minimum absolute atomic E-state index is 0.0379. The van der Waals surface area contributed by atoms with Crippen molar-refractivity contribution in [3.05, 3.63) is 59.7 Å². The van der Waals surface area contributed by atoms with E-state index in [4.69, 9.17) is 4.74 Å². The molecule has 0 radical (unpaired) electrons. The van der Waals surface area contributed by atoms with Crippen LogP contribution in [0.2, 0.25) is 0 Å². The van der Waals surface area contributed by atoms with Gasteiger partial charge in [0.2, 0.25) is 5.91 Å². The summed E-state index contributed by atoms with van der Waals surface area (Å²) < 4.78 is 5.75. The molecule has 0 aromatic heterocycles. The minimum atomic E-state index is -1.02. The first-order chi connectivity index (χ1) is 16.8. The van der Waals surface area contributed by atoms with Crippen molar-refractivity contribution in [2.24, 2.45) is 0 Å². The van der Waals surface area contributed by atoms with Gasteiger partial charge in [0.1, 0.15) is 12.6 Å². The molecular formula is C28H34N2O5. The minimum Gasteiger partial charge on any atom is -0.480 e. The van der Waals surface area contributed by atoms with E-state index in [0.29, 0.717) is 19.3 Å². The van der Waals surface area contributed by atoms with Gasteiger partial charge in [-0.1, -0.05) is 74.7 Å². The number of aliphatic carboxylic acids is 1. The summed E-state index contributed by atoms with van der Waals surface area (Å²) in [5.41, 5.74) is 3.90. The van der Waals surface area contributed by atoms with E-state index in [0.717, 1.165) is 30.4 Å². The molecule has 2 aliphatic carbocycles. The Morgan fingerprint density at radius 2 is 1.60 bits per heavy atom. The monoisotopic (exact) mass is 478 g/mol. The van der Waals surface area contributed by atoms with E-state index >= 15 is 0 Å². The molecule has 0 heterocycles. The quantitative estimate of drug-likeness (QED) is 0.560. The van der Waals surface area contributed by atoms with E-state index in [-0.39, 0.29) is 24.9 Å². The Kier molecular flexibility index (Phi) is 7.43. The molecule has 186 valence electrons. The number of benzene rings is 2. The molecule has 2 aliphatic rings. The largest absolute Gasteiger partial charge is 0.480 e. The molecule has 7 nitrogen and oxygen atoms in total. The van der Waals surface area contributed by atoms with Gasteiger partial charge in [-0.15, -0.1) is 0 Å². The lowest BCUT2D eigenvalue weighted by atomic mass is 9.79. The molecule has 1 saturated carbocycles. The average Bonchev–Trinajstić information content (AvgIpc) is 3.17. The first kappa shape index (κ1) is 24.8. The Morgan fingerprint density at radius 1 is 1.03 bits per heavy atom. The lowest BCUT2D eigenvalue weighted by molar-refractivity contribution is -0.149. The Hall–Kier alpha value is -3.35. The SMILES string of the molecule is CCC(C(=O)O)N(C)C(=O)CC1(NC(=O)OCC2c3ccccc3-c3ccccc32)CCCCC1. The smallest absolute Gasteiger partial charge is 0.407 e. The van der Waals surface area contributed by atoms with E-state index in [1.165, 1.54) is 23.1 Å². The van der Waals surface area contributed by atoms with E-state index in [1.807, 2.05) is 24.3 Å². The molecule has 2 aromatic rings. The second-order valence-electron chi connectivity index (χ2n) is 9.74. The average molecular weight is 479 g/mol. The summed E-state index contributed by atoms with van der Waals surface area (Å²) in [5.74, 6) is -1.34. The van der Waals surface area contributed by atoms with Crippen LogP contribution in [0.3, 0.4) is 0 Å². The molecule has 2 N–H and O–H groups in total. The molecule has 2 amide bonds. The fraction of sp³-hybridized carbons (Fsp3) is 0.464. The third kappa shape index (κ3) is 5.19. The molecule has 2 aromatic carbocycles. The maximum Gasteiger partial charge on any atom is 0.407 e. The van der Waals surface area contributed by atoms with Gasteiger partial charge < -0.3 is 20.1 Å². The van der Waals surface area contributed by atoms with Gasteiger partial charge in [0.25, 0.3) is 0 Å². The molecule has 7 heteroatoms. The highest BCUT2D eigenvalue weighted by atomic mass is 16.5. The van der Waals surface area contributed by atoms with Crippen LogP contribution < -0.4 is 5.32 Å². The third-order valence-corrected chi connectivity index (χ3v) is 7.54. The normalized spacial score (nSPS) is 17.1. The van der Waals surface area contributed by atoms with Crippen molar-refractivity contribution in [3.63, 3.8) is 0 Å². The molecule has 4 rings (SSSR count). The van der Waals surface area contributed by atoms with Crippen LogP contribution in [0.25, 0.3) is 11.1 Å². The number of hydrogen-bond acceptors (Lipinski definition) is 4. The number of fused-ring (bicyclic) bond motifs is 3. The molecule has 1 atom stereocenters. The molecule has 35 heavy (non-hydrogen) atoms. The molecular weight excluding hydrogens is 444 g/mol. The van der Waals surface area contributed by atoms with Crippen LogP contribution in [0.15, 0.2) is 48.5 Å². The van der Waals surface area contributed by atoms with Crippen molar-refractivity contribution in [2.75, 3.05) is 13.7 Å². The van der Waals surface area contributed by atoms with Crippen LogP contribution in [0, 0.1) is 0 Å². The number of carboxylic acids is 1. The van der Waals surface area contributed by atoms with E-state index < -0.39 is 23.6 Å². The summed E-state index contributed by atoms with van der Waals surface area (Å²) in [6, 6.07) is 15.5. The third-order valence-electron chi connectivity index (χ3n) is 7.54. The number of ether oxygens (including phenoxy) is 1. The molecule has 0 saturated heterocycles. The second-order valence-corrected chi connectivity index (χ2v) is 9.74. The number of nitrogens with zero attached hydrogens (tertiary/aromatic N) is 1. The van der Waals surface area contributed by atoms with Crippen LogP contribution in [0.5, 0.6) is 0 Å². The molecule has 0 bridgehead atoms. The van der Waals surface area contributed by atoms with Gasteiger partial charge in [-0.3, -0.25) is 4.79 Å². The lowest BCUT2D eigenvalue weighted by Crippen LogP contribution is -2.54. The Balaban J connectivity index is 1.44. The van der Waals surface area contributed by atoms with E-state index in [2.05, 4.69) is 29.6 Å². The zero-order chi connectivity index (χ0) is 25.0. The number of rotatable bonds is 8. The van der Waals surface area contributed by atoms with Gasteiger partial charge in [0, 0.05) is 13.0 Å². The highest BCUT2D eigenvalue weighted by molar-refractivity contribution is 5.84. The van der Waals surface area contributed by atoms with Gasteiger partial charge in [-0.05, 0) is 41.5 Å². The van der Waals surface area contributed by atoms with Crippen LogP contribution in [0.1, 0.15) is 68.9 Å². The summed E-state index contributed by atoms with van der Waals surface area (Å²) >= 11 is 0. The number of alkyl carbamates (subject to hydrolysis) is 1. The van der Waals surface area contributed by atoms with Crippen molar-refractivity contribution >= 4 is 18.0 Å². The summed E-state index contributed by atoms with van der Waals surface area (Å²) in [4.78, 5) is 38.8. The van der Waals surface area contributed by atoms with Gasteiger partial charge in [0.15, 0.2) is 0 Å². The molecule has 0 aliphatic heterocycles. The number of carbonyl (C=O) groups excluding carboxylic acids is 2. The van der Waals surface area contributed by atoms with Crippen molar-refractivity contribution in [2.45, 2.75) is 69.4 Å². The number of carbonyl (C=O) groups is 3. The number of nitrogens with one attached hydrogen (secondary N) is 1. The highest BCUT2D eigenvalue weighted by Gasteiger charge is 2.39.